The lowest BCUT2D eigenvalue weighted by Gasteiger charge is -2.29. The van der Waals surface area contributed by atoms with E-state index < -0.39 is 0 Å². The minimum atomic E-state index is -0.00764. The van der Waals surface area contributed by atoms with Crippen molar-refractivity contribution in [2.45, 2.75) is 33.6 Å². The van der Waals surface area contributed by atoms with Crippen LogP contribution < -0.4 is 20.3 Å². The highest BCUT2D eigenvalue weighted by atomic mass is 32.1. The molecule has 2 heterocycles. The number of aromatic nitrogens is 1. The molecule has 0 fully saturated rings. The summed E-state index contributed by atoms with van der Waals surface area (Å²) < 4.78 is 5.49. The van der Waals surface area contributed by atoms with Gasteiger partial charge in [-0.15, -0.1) is 11.3 Å². The van der Waals surface area contributed by atoms with Gasteiger partial charge in [-0.1, -0.05) is 12.1 Å². The fourth-order valence-electron chi connectivity index (χ4n) is 3.09. The van der Waals surface area contributed by atoms with Gasteiger partial charge in [0, 0.05) is 37.5 Å². The van der Waals surface area contributed by atoms with Crippen LogP contribution in [0.3, 0.4) is 0 Å². The Morgan fingerprint density at radius 3 is 2.90 bits per heavy atom. The number of anilines is 1. The molecule has 2 N–H and O–H groups in total. The van der Waals surface area contributed by atoms with Crippen molar-refractivity contribution in [1.29, 1.82) is 0 Å². The maximum atomic E-state index is 12.2. The van der Waals surface area contributed by atoms with Gasteiger partial charge in [-0.2, -0.15) is 0 Å². The summed E-state index contributed by atoms with van der Waals surface area (Å²) in [6.07, 6.45) is 1.66. The molecule has 1 aliphatic heterocycles. The fraction of sp³-hybridized carbons (Fsp3) is 0.476. The van der Waals surface area contributed by atoms with Gasteiger partial charge in [0.25, 0.3) is 5.91 Å². The van der Waals surface area contributed by atoms with Crippen molar-refractivity contribution in [2.75, 3.05) is 37.7 Å². The molecule has 1 amide bonds. The Morgan fingerprint density at radius 2 is 2.14 bits per heavy atom. The van der Waals surface area contributed by atoms with E-state index in [9.17, 15) is 4.79 Å². The van der Waals surface area contributed by atoms with Crippen LogP contribution in [-0.4, -0.2) is 49.6 Å². The van der Waals surface area contributed by atoms with Crippen molar-refractivity contribution >= 4 is 28.9 Å². The summed E-state index contributed by atoms with van der Waals surface area (Å²) in [6.45, 7) is 9.15. The number of thiazole rings is 1. The van der Waals surface area contributed by atoms with Gasteiger partial charge in [0.15, 0.2) is 12.6 Å². The Hall–Kier alpha value is -2.61. The number of rotatable bonds is 8. The number of hydrogen-bond acceptors (Lipinski definition) is 5. The molecule has 0 saturated carbocycles. The lowest BCUT2D eigenvalue weighted by molar-refractivity contribution is -0.121. The minimum Gasteiger partial charge on any atom is -0.482 e. The summed E-state index contributed by atoms with van der Waals surface area (Å²) in [5, 5.41) is 7.78. The Morgan fingerprint density at radius 1 is 1.31 bits per heavy atom. The Balaban J connectivity index is 1.48. The number of nitrogens with zero attached hydrogens (tertiary/aromatic N) is 3. The molecule has 3 rings (SSSR count). The van der Waals surface area contributed by atoms with Gasteiger partial charge < -0.3 is 20.3 Å². The number of aliphatic imine (C=N–C) groups is 1. The second-order valence-corrected chi connectivity index (χ2v) is 8.13. The molecule has 1 aliphatic rings. The van der Waals surface area contributed by atoms with Crippen molar-refractivity contribution in [3.8, 4) is 5.75 Å². The smallest absolute Gasteiger partial charge is 0.265 e. The number of carbonyl (C=O) groups excluding carboxylic acids is 1. The van der Waals surface area contributed by atoms with Gasteiger partial charge in [0.1, 0.15) is 5.75 Å². The number of para-hydroxylation sites is 2. The van der Waals surface area contributed by atoms with Crippen molar-refractivity contribution in [3.05, 3.63) is 39.8 Å². The molecule has 0 atom stereocenters. The van der Waals surface area contributed by atoms with Crippen molar-refractivity contribution < 1.29 is 9.53 Å². The van der Waals surface area contributed by atoms with E-state index >= 15 is 0 Å². The zero-order valence-electron chi connectivity index (χ0n) is 17.3. The summed E-state index contributed by atoms with van der Waals surface area (Å²) in [7, 11) is 0. The number of aryl methyl sites for hydroxylation is 2. The van der Waals surface area contributed by atoms with Crippen LogP contribution in [0.15, 0.2) is 29.3 Å². The first-order chi connectivity index (χ1) is 14.1. The number of carbonyl (C=O) groups is 1. The van der Waals surface area contributed by atoms with Gasteiger partial charge >= 0.3 is 0 Å². The number of nitrogens with one attached hydrogen (secondary N) is 2. The van der Waals surface area contributed by atoms with Crippen LogP contribution in [-0.2, 0) is 11.2 Å². The van der Waals surface area contributed by atoms with Crippen LogP contribution in [0.5, 0.6) is 5.75 Å². The number of ether oxygens (including phenoxy) is 1. The molecule has 0 spiro atoms. The average molecular weight is 416 g/mol. The van der Waals surface area contributed by atoms with Crippen LogP contribution in [0.4, 0.5) is 5.69 Å². The largest absolute Gasteiger partial charge is 0.482 e. The Kier molecular flexibility index (Phi) is 7.46. The molecule has 0 radical (unpaired) electrons. The zero-order valence-corrected chi connectivity index (χ0v) is 18.1. The quantitative estimate of drug-likeness (QED) is 0.394. The van der Waals surface area contributed by atoms with Crippen LogP contribution in [0, 0.1) is 13.8 Å². The second-order valence-electron chi connectivity index (χ2n) is 6.84. The van der Waals surface area contributed by atoms with Gasteiger partial charge in [-0.05, 0) is 39.3 Å². The first-order valence-electron chi connectivity index (χ1n) is 10.1. The van der Waals surface area contributed by atoms with E-state index in [1.54, 1.807) is 16.2 Å². The third kappa shape index (κ3) is 5.69. The molecular formula is C21H29N5O2S. The average Bonchev–Trinajstić information content (AvgIpc) is 3.03. The molecule has 0 bridgehead atoms. The summed E-state index contributed by atoms with van der Waals surface area (Å²) in [6, 6.07) is 7.65. The van der Waals surface area contributed by atoms with Crippen LogP contribution in [0.25, 0.3) is 0 Å². The second kappa shape index (κ2) is 10.2. The van der Waals surface area contributed by atoms with Gasteiger partial charge in [0.05, 0.1) is 16.4 Å². The summed E-state index contributed by atoms with van der Waals surface area (Å²) in [4.78, 5) is 24.5. The van der Waals surface area contributed by atoms with E-state index in [1.165, 1.54) is 4.88 Å². The first kappa shape index (κ1) is 21.1. The number of benzene rings is 1. The van der Waals surface area contributed by atoms with Crippen LogP contribution in [0.2, 0.25) is 0 Å². The van der Waals surface area contributed by atoms with Crippen molar-refractivity contribution in [2.24, 2.45) is 4.99 Å². The zero-order chi connectivity index (χ0) is 20.6. The number of fused-ring (bicyclic) bond motifs is 1. The molecule has 2 aromatic rings. The highest BCUT2D eigenvalue weighted by molar-refractivity contribution is 7.11. The molecule has 29 heavy (non-hydrogen) atoms. The molecule has 156 valence electrons. The molecule has 0 unspecified atom stereocenters. The predicted molar refractivity (Wildman–Crippen MR) is 118 cm³/mol. The molecular weight excluding hydrogens is 386 g/mol. The highest BCUT2D eigenvalue weighted by Gasteiger charge is 2.24. The highest BCUT2D eigenvalue weighted by Crippen LogP contribution is 2.31. The van der Waals surface area contributed by atoms with E-state index in [1.807, 2.05) is 38.1 Å². The third-order valence-electron chi connectivity index (χ3n) is 4.67. The molecule has 1 aromatic carbocycles. The molecule has 0 saturated heterocycles. The van der Waals surface area contributed by atoms with Crippen LogP contribution >= 0.6 is 11.3 Å². The Labute approximate surface area is 176 Å². The summed E-state index contributed by atoms with van der Waals surface area (Å²) in [5.74, 6) is 1.55. The lowest BCUT2D eigenvalue weighted by Crippen LogP contribution is -2.40. The van der Waals surface area contributed by atoms with Crippen LogP contribution in [0.1, 0.15) is 28.9 Å². The third-order valence-corrected chi connectivity index (χ3v) is 5.80. The van der Waals surface area contributed by atoms with Gasteiger partial charge in [-0.25, -0.2) is 4.98 Å². The van der Waals surface area contributed by atoms with E-state index in [0.29, 0.717) is 13.1 Å². The Bertz CT molecular complexity index is 845. The SMILES string of the molecule is CCNC(=NCCCN1C(=O)COc2ccccc21)NCCc1nc(C)c(C)s1. The monoisotopic (exact) mass is 415 g/mol. The molecule has 8 heteroatoms. The number of hydrogen-bond donors (Lipinski definition) is 2. The van der Waals surface area contributed by atoms with Gasteiger partial charge in [0.2, 0.25) is 0 Å². The topological polar surface area (TPSA) is 78.9 Å². The van der Waals surface area contributed by atoms with Gasteiger partial charge in [-0.3, -0.25) is 9.79 Å². The van der Waals surface area contributed by atoms with Crippen molar-refractivity contribution in [1.82, 2.24) is 15.6 Å². The fourth-order valence-corrected chi connectivity index (χ4v) is 4.03. The van der Waals surface area contributed by atoms with Crippen molar-refractivity contribution in [3.63, 3.8) is 0 Å². The maximum absolute atomic E-state index is 12.2. The predicted octanol–water partition coefficient (Wildman–Crippen LogP) is 2.67. The standard InChI is InChI=1S/C21H29N5O2S/c1-4-22-21(24-12-10-19-25-15(2)16(3)29-19)23-11-7-13-26-17-8-5-6-9-18(17)28-14-20(26)27/h5-6,8-9H,4,7,10-14H2,1-3H3,(H2,22,23,24). The summed E-state index contributed by atoms with van der Waals surface area (Å²) in [5.41, 5.74) is 1.96. The van der Waals surface area contributed by atoms with E-state index in [-0.39, 0.29) is 12.5 Å². The van der Waals surface area contributed by atoms with E-state index in [4.69, 9.17) is 4.74 Å². The molecule has 0 aliphatic carbocycles. The van der Waals surface area contributed by atoms with E-state index in [0.717, 1.165) is 54.0 Å². The normalized spacial score (nSPS) is 13.8. The number of guanidine groups is 1. The molecule has 1 aromatic heterocycles. The van der Waals surface area contributed by atoms with E-state index in [2.05, 4.69) is 27.5 Å². The lowest BCUT2D eigenvalue weighted by atomic mass is 10.2. The minimum absolute atomic E-state index is 0.00764. The maximum Gasteiger partial charge on any atom is 0.265 e. The molecule has 7 nitrogen and oxygen atoms in total. The number of amides is 1. The summed E-state index contributed by atoms with van der Waals surface area (Å²) >= 11 is 1.75. The first-order valence-corrected chi connectivity index (χ1v) is 10.9.